The fourth-order valence-electron chi connectivity index (χ4n) is 3.96. The van der Waals surface area contributed by atoms with Crippen LogP contribution < -0.4 is 4.90 Å². The van der Waals surface area contributed by atoms with Crippen molar-refractivity contribution in [2.75, 3.05) is 11.4 Å². The van der Waals surface area contributed by atoms with Crippen LogP contribution >= 0.6 is 11.3 Å². The Bertz CT molecular complexity index is 1250. The third-order valence-corrected chi connectivity index (χ3v) is 6.23. The third-order valence-electron chi connectivity index (χ3n) is 5.44. The first-order valence-electron chi connectivity index (χ1n) is 9.94. The largest absolute Gasteiger partial charge is 0.481 e. The summed E-state index contributed by atoms with van der Waals surface area (Å²) in [7, 11) is 0. The highest BCUT2D eigenvalue weighted by Crippen LogP contribution is 2.36. The maximum atomic E-state index is 11.0. The Balaban J connectivity index is 1.55. The number of fused-ring (bicyclic) bond motifs is 2. The minimum Gasteiger partial charge on any atom is -0.481 e. The van der Waals surface area contributed by atoms with Crippen LogP contribution in [0.25, 0.3) is 21.6 Å². The van der Waals surface area contributed by atoms with Crippen LogP contribution in [0.1, 0.15) is 23.7 Å². The summed E-state index contributed by atoms with van der Waals surface area (Å²) in [6.07, 6.45) is 1.79. The first kappa shape index (κ1) is 18.7. The molecule has 0 spiro atoms. The lowest BCUT2D eigenvalue weighted by molar-refractivity contribution is -0.136. The van der Waals surface area contributed by atoms with E-state index < -0.39 is 5.97 Å². The van der Waals surface area contributed by atoms with Gasteiger partial charge in [0.2, 0.25) is 0 Å². The van der Waals surface area contributed by atoms with Gasteiger partial charge in [0.1, 0.15) is 5.82 Å². The molecule has 1 N–H and O–H groups in total. The van der Waals surface area contributed by atoms with E-state index in [0.717, 1.165) is 63.8 Å². The number of aryl methyl sites for hydroxylation is 1. The molecule has 2 aromatic carbocycles. The van der Waals surface area contributed by atoms with Crippen LogP contribution in [0.15, 0.2) is 48.0 Å². The van der Waals surface area contributed by atoms with Gasteiger partial charge in [0.15, 0.2) is 5.82 Å². The van der Waals surface area contributed by atoms with Crippen molar-refractivity contribution < 1.29 is 9.90 Å². The van der Waals surface area contributed by atoms with Crippen LogP contribution in [-0.2, 0) is 24.1 Å². The number of benzene rings is 2. The van der Waals surface area contributed by atoms with E-state index in [0.29, 0.717) is 0 Å². The topological polar surface area (TPSA) is 79.2 Å². The molecule has 0 aliphatic carbocycles. The molecule has 3 heterocycles. The fourth-order valence-corrected chi connectivity index (χ4v) is 4.68. The Hall–Kier alpha value is -3.32. The van der Waals surface area contributed by atoms with Crippen LogP contribution in [0.4, 0.5) is 11.5 Å². The molecule has 0 unspecified atom stereocenters. The smallest absolute Gasteiger partial charge is 0.307 e. The van der Waals surface area contributed by atoms with Gasteiger partial charge in [-0.15, -0.1) is 11.3 Å². The molecule has 30 heavy (non-hydrogen) atoms. The van der Waals surface area contributed by atoms with Crippen molar-refractivity contribution in [3.63, 3.8) is 0 Å². The first-order chi connectivity index (χ1) is 14.6. The van der Waals surface area contributed by atoms with Crippen LogP contribution in [0.3, 0.4) is 0 Å². The molecule has 1 aliphatic heterocycles. The average molecular weight is 417 g/mol. The van der Waals surface area contributed by atoms with E-state index >= 15 is 0 Å². The van der Waals surface area contributed by atoms with E-state index in [1.807, 2.05) is 41.9 Å². The number of aliphatic carboxylic acids is 1. The standard InChI is InChI=1S/C23H20N4O2S/c1-2-18-17-9-10-27(16-6-3-14(4-7-16)11-21(28)29)23(17)26-22(25-18)15-5-8-19-20(12-15)30-13-24-19/h3-8,12-13H,2,9-11H2,1H3,(H,28,29). The van der Waals surface area contributed by atoms with Gasteiger partial charge in [-0.25, -0.2) is 15.0 Å². The molecule has 0 atom stereocenters. The van der Waals surface area contributed by atoms with Crippen LogP contribution in [0.5, 0.6) is 0 Å². The second-order valence-corrected chi connectivity index (χ2v) is 8.21. The molecule has 0 fully saturated rings. The van der Waals surface area contributed by atoms with Crippen molar-refractivity contribution in [1.29, 1.82) is 0 Å². The summed E-state index contributed by atoms with van der Waals surface area (Å²) < 4.78 is 1.13. The van der Waals surface area contributed by atoms with Crippen molar-refractivity contribution >= 4 is 39.0 Å². The van der Waals surface area contributed by atoms with E-state index in [2.05, 4.69) is 22.9 Å². The van der Waals surface area contributed by atoms with E-state index in [1.165, 1.54) is 5.56 Å². The molecular weight excluding hydrogens is 396 g/mol. The quantitative estimate of drug-likeness (QED) is 0.511. The number of anilines is 2. The summed E-state index contributed by atoms with van der Waals surface area (Å²) in [4.78, 5) is 27.3. The number of hydrogen-bond acceptors (Lipinski definition) is 6. The molecule has 0 saturated heterocycles. The number of carboxylic acid groups (broad SMARTS) is 1. The van der Waals surface area contributed by atoms with Gasteiger partial charge in [-0.1, -0.05) is 19.1 Å². The minimum atomic E-state index is -0.822. The number of carbonyl (C=O) groups is 1. The predicted molar refractivity (Wildman–Crippen MR) is 119 cm³/mol. The minimum absolute atomic E-state index is 0.0310. The zero-order valence-electron chi connectivity index (χ0n) is 16.5. The number of nitrogens with zero attached hydrogens (tertiary/aromatic N) is 4. The highest BCUT2D eigenvalue weighted by molar-refractivity contribution is 7.16. The van der Waals surface area contributed by atoms with Gasteiger partial charge < -0.3 is 10.0 Å². The SMILES string of the molecule is CCc1nc(-c2ccc3ncsc3c2)nc2c1CCN2c1ccc(CC(=O)O)cc1. The van der Waals surface area contributed by atoms with Crippen molar-refractivity contribution in [3.8, 4) is 11.4 Å². The van der Waals surface area contributed by atoms with Gasteiger partial charge in [-0.2, -0.15) is 0 Å². The van der Waals surface area contributed by atoms with Crippen molar-refractivity contribution in [2.24, 2.45) is 0 Å². The Kier molecular flexibility index (Phi) is 4.67. The molecule has 0 amide bonds. The highest BCUT2D eigenvalue weighted by Gasteiger charge is 2.26. The molecule has 1 aliphatic rings. The highest BCUT2D eigenvalue weighted by atomic mass is 32.1. The van der Waals surface area contributed by atoms with E-state index in [-0.39, 0.29) is 6.42 Å². The van der Waals surface area contributed by atoms with Crippen molar-refractivity contribution in [1.82, 2.24) is 15.0 Å². The molecule has 7 heteroatoms. The van der Waals surface area contributed by atoms with Gasteiger partial charge in [-0.3, -0.25) is 4.79 Å². The molecule has 2 aromatic heterocycles. The Labute approximate surface area is 177 Å². The van der Waals surface area contributed by atoms with Crippen LogP contribution in [0, 0.1) is 0 Å². The Morgan fingerprint density at radius 1 is 1.17 bits per heavy atom. The maximum absolute atomic E-state index is 11.0. The van der Waals surface area contributed by atoms with E-state index in [9.17, 15) is 4.79 Å². The maximum Gasteiger partial charge on any atom is 0.307 e. The van der Waals surface area contributed by atoms with Crippen molar-refractivity contribution in [2.45, 2.75) is 26.2 Å². The second-order valence-electron chi connectivity index (χ2n) is 7.32. The van der Waals surface area contributed by atoms with Gasteiger partial charge in [0.25, 0.3) is 0 Å². The lowest BCUT2D eigenvalue weighted by atomic mass is 10.1. The monoisotopic (exact) mass is 416 g/mol. The lowest BCUT2D eigenvalue weighted by Gasteiger charge is -2.20. The number of thiazole rings is 1. The zero-order valence-corrected chi connectivity index (χ0v) is 17.3. The molecule has 150 valence electrons. The summed E-state index contributed by atoms with van der Waals surface area (Å²) in [5.41, 5.74) is 7.94. The zero-order chi connectivity index (χ0) is 20.7. The van der Waals surface area contributed by atoms with Crippen LogP contribution in [0.2, 0.25) is 0 Å². The number of aromatic nitrogens is 3. The third kappa shape index (κ3) is 3.31. The van der Waals surface area contributed by atoms with Crippen LogP contribution in [-0.4, -0.2) is 32.6 Å². The first-order valence-corrected chi connectivity index (χ1v) is 10.8. The summed E-state index contributed by atoms with van der Waals surface area (Å²) in [5, 5.41) is 9.00. The molecule has 6 nitrogen and oxygen atoms in total. The summed E-state index contributed by atoms with van der Waals surface area (Å²) in [6, 6.07) is 13.9. The Morgan fingerprint density at radius 3 is 2.77 bits per heavy atom. The summed E-state index contributed by atoms with van der Waals surface area (Å²) in [5.74, 6) is 0.861. The second kappa shape index (κ2) is 7.50. The number of hydrogen-bond donors (Lipinski definition) is 1. The molecule has 4 aromatic rings. The van der Waals surface area contributed by atoms with Gasteiger partial charge in [0, 0.05) is 29.1 Å². The molecular formula is C23H20N4O2S. The number of rotatable bonds is 5. The van der Waals surface area contributed by atoms with E-state index in [1.54, 1.807) is 11.3 Å². The molecule has 0 radical (unpaired) electrons. The van der Waals surface area contributed by atoms with E-state index in [4.69, 9.17) is 15.1 Å². The van der Waals surface area contributed by atoms with Crippen molar-refractivity contribution in [3.05, 3.63) is 64.8 Å². The predicted octanol–water partition coefficient (Wildman–Crippen LogP) is 4.64. The average Bonchev–Trinajstić information content (AvgIpc) is 3.39. The molecule has 0 bridgehead atoms. The normalized spacial score (nSPS) is 13.0. The molecule has 5 rings (SSSR count). The fraction of sp³-hybridized carbons (Fsp3) is 0.217. The lowest BCUT2D eigenvalue weighted by Crippen LogP contribution is -2.15. The van der Waals surface area contributed by atoms with Gasteiger partial charge >= 0.3 is 5.97 Å². The summed E-state index contributed by atoms with van der Waals surface area (Å²) in [6.45, 7) is 2.97. The molecule has 0 saturated carbocycles. The van der Waals surface area contributed by atoms with Gasteiger partial charge in [0.05, 0.1) is 22.1 Å². The number of carboxylic acids is 1. The Morgan fingerprint density at radius 2 is 2.00 bits per heavy atom. The van der Waals surface area contributed by atoms with Gasteiger partial charge in [-0.05, 0) is 48.7 Å². The summed E-state index contributed by atoms with van der Waals surface area (Å²) >= 11 is 1.62.